The molecule has 190 valence electrons. The molecule has 1 aliphatic rings. The molecule has 0 saturated carbocycles. The molecule has 2 heterocycles. The molecule has 1 aromatic carbocycles. The third-order valence-electron chi connectivity index (χ3n) is 5.09. The maximum atomic E-state index is 15.9. The van der Waals surface area contributed by atoms with Crippen LogP contribution in [-0.4, -0.2) is 59.5 Å². The molecule has 1 unspecified atom stereocenters. The first kappa shape index (κ1) is 26.4. The highest BCUT2D eigenvalue weighted by Crippen LogP contribution is 2.46. The first-order valence-electron chi connectivity index (χ1n) is 10.3. The lowest BCUT2D eigenvalue weighted by Crippen LogP contribution is -2.54. The van der Waals surface area contributed by atoms with Crippen LogP contribution in [-0.2, 0) is 16.3 Å². The van der Waals surface area contributed by atoms with Gasteiger partial charge in [0.15, 0.2) is 5.60 Å². The lowest BCUT2D eigenvalue weighted by Gasteiger charge is -2.39. The topological polar surface area (TPSA) is 73.2 Å². The second-order valence-electron chi connectivity index (χ2n) is 7.89. The number of hydrazone groups is 1. The number of aromatic nitrogens is 1. The summed E-state index contributed by atoms with van der Waals surface area (Å²) in [5.41, 5.74) is -0.741. The van der Waals surface area contributed by atoms with Crippen LogP contribution < -0.4 is 5.53 Å². The summed E-state index contributed by atoms with van der Waals surface area (Å²) in [7, 11) is 1.53. The van der Waals surface area contributed by atoms with Crippen molar-refractivity contribution >= 4 is 12.4 Å². The third kappa shape index (κ3) is 6.29. The molecule has 1 aliphatic heterocycles. The van der Waals surface area contributed by atoms with E-state index in [1.54, 1.807) is 0 Å². The zero-order valence-corrected chi connectivity index (χ0v) is 18.7. The predicted octanol–water partition coefficient (Wildman–Crippen LogP) is 3.71. The van der Waals surface area contributed by atoms with Gasteiger partial charge in [-0.1, -0.05) is 24.3 Å². The molecule has 2 N–H and O–H groups in total. The maximum absolute atomic E-state index is 15.9. The van der Waals surface area contributed by atoms with Crippen molar-refractivity contribution in [3.05, 3.63) is 70.8 Å². The summed E-state index contributed by atoms with van der Waals surface area (Å²) in [6.07, 6.45) is 0.497. The van der Waals surface area contributed by atoms with Crippen LogP contribution in [0.25, 0.3) is 6.08 Å². The molecule has 1 aromatic heterocycles. The van der Waals surface area contributed by atoms with Crippen LogP contribution in [0.3, 0.4) is 0 Å². The quantitative estimate of drug-likeness (QED) is 0.402. The average molecular weight is 503 g/mol. The van der Waals surface area contributed by atoms with E-state index in [1.807, 2.05) is 0 Å². The van der Waals surface area contributed by atoms with Crippen molar-refractivity contribution in [1.82, 2.24) is 20.6 Å². The van der Waals surface area contributed by atoms with Gasteiger partial charge in [-0.2, -0.15) is 22.0 Å². The Bertz CT molecular complexity index is 1080. The van der Waals surface area contributed by atoms with Crippen LogP contribution in [0.15, 0.2) is 47.7 Å². The number of benzene rings is 1. The largest absolute Gasteiger partial charge is 0.411 e. The van der Waals surface area contributed by atoms with Gasteiger partial charge in [0.1, 0.15) is 24.5 Å². The molecule has 0 saturated heterocycles. The van der Waals surface area contributed by atoms with Gasteiger partial charge < -0.3 is 9.84 Å². The second-order valence-corrected chi connectivity index (χ2v) is 7.89. The monoisotopic (exact) mass is 503 g/mol. The summed E-state index contributed by atoms with van der Waals surface area (Å²) in [5, 5.41) is 17.7. The maximum Gasteiger partial charge on any atom is 0.411 e. The van der Waals surface area contributed by atoms with Crippen LogP contribution in [0.5, 0.6) is 0 Å². The number of aryl methyl sites for hydroxylation is 1. The Hall–Kier alpha value is -3.16. The zero-order valence-electron chi connectivity index (χ0n) is 18.7. The van der Waals surface area contributed by atoms with E-state index in [9.17, 15) is 22.7 Å². The van der Waals surface area contributed by atoms with Crippen LogP contribution in [0.1, 0.15) is 22.4 Å². The lowest BCUT2D eigenvalue weighted by atomic mass is 9.82. The molecule has 13 heteroatoms. The van der Waals surface area contributed by atoms with E-state index in [1.165, 1.54) is 43.6 Å². The Kier molecular flexibility index (Phi) is 7.72. The minimum atomic E-state index is -4.45. The van der Waals surface area contributed by atoms with Crippen molar-refractivity contribution in [3.63, 3.8) is 0 Å². The van der Waals surface area contributed by atoms with E-state index in [0.717, 1.165) is 35.5 Å². The van der Waals surface area contributed by atoms with E-state index < -0.39 is 42.4 Å². The van der Waals surface area contributed by atoms with Crippen LogP contribution in [0.4, 0.5) is 26.3 Å². The fraction of sp³-hybridized carbons (Fsp3) is 0.364. The summed E-state index contributed by atoms with van der Waals surface area (Å²) in [5.74, 6) is -4.60. The third-order valence-corrected chi connectivity index (χ3v) is 5.09. The van der Waals surface area contributed by atoms with Gasteiger partial charge in [0.05, 0.1) is 13.2 Å². The van der Waals surface area contributed by atoms with Gasteiger partial charge in [0, 0.05) is 13.2 Å². The first-order chi connectivity index (χ1) is 16.3. The van der Waals surface area contributed by atoms with Gasteiger partial charge in [-0.25, -0.2) is 9.51 Å². The van der Waals surface area contributed by atoms with Gasteiger partial charge in [0.2, 0.25) is 0 Å². The van der Waals surface area contributed by atoms with Crippen molar-refractivity contribution in [2.24, 2.45) is 5.10 Å². The highest BCUT2D eigenvalue weighted by atomic mass is 19.4. The zero-order chi connectivity index (χ0) is 25.9. The van der Waals surface area contributed by atoms with E-state index in [4.69, 9.17) is 0 Å². The fourth-order valence-corrected chi connectivity index (χ4v) is 3.47. The summed E-state index contributed by atoms with van der Waals surface area (Å²) in [6.45, 7) is -1.01. The molecule has 0 radical (unpaired) electrons. The predicted molar refractivity (Wildman–Crippen MR) is 115 cm³/mol. The number of ether oxygens (including phenoxy) is 1. The number of halogens is 6. The van der Waals surface area contributed by atoms with Gasteiger partial charge in [-0.05, 0) is 41.8 Å². The number of hydrogen-bond donors (Lipinski definition) is 2. The lowest BCUT2D eigenvalue weighted by molar-refractivity contribution is -0.206. The molecule has 0 spiro atoms. The molecule has 0 amide bonds. The summed E-state index contributed by atoms with van der Waals surface area (Å²) < 4.78 is 86.1. The van der Waals surface area contributed by atoms with Crippen LogP contribution in [0, 0.1) is 12.7 Å². The Labute approximate surface area is 197 Å². The highest BCUT2D eigenvalue weighted by Gasteiger charge is 2.57. The van der Waals surface area contributed by atoms with Crippen molar-refractivity contribution in [3.8, 4) is 0 Å². The number of nitrogens with zero attached hydrogens (tertiary/aromatic N) is 4. The normalized spacial score (nSPS) is 16.4. The minimum Gasteiger partial charge on any atom is -0.377 e. The molecular formula is C22H23F6N5O2. The Morgan fingerprint density at radius 1 is 1.14 bits per heavy atom. The number of alkyl halides is 5. The number of aliphatic hydroxyl groups is 1. The number of β-amino-alcohol motifs (C(OH)–C–C–N with tert-alkyl or cyclic N) is 1. The van der Waals surface area contributed by atoms with Gasteiger partial charge >= 0.3 is 12.1 Å². The second kappa shape index (κ2) is 10.2. The van der Waals surface area contributed by atoms with E-state index in [2.05, 4.69) is 20.4 Å². The first-order valence-corrected chi connectivity index (χ1v) is 10.3. The van der Waals surface area contributed by atoms with Gasteiger partial charge in [-0.3, -0.25) is 9.99 Å². The van der Waals surface area contributed by atoms with Crippen LogP contribution in [0.2, 0.25) is 0 Å². The minimum absolute atomic E-state index is 0.107. The molecule has 3 rings (SSSR count). The summed E-state index contributed by atoms with van der Waals surface area (Å²) in [6, 6.07) is 5.38. The number of hydrazine groups is 2. The van der Waals surface area contributed by atoms with Crippen molar-refractivity contribution in [2.75, 3.05) is 26.8 Å². The van der Waals surface area contributed by atoms with Gasteiger partial charge in [0.25, 0.3) is 0 Å². The molecule has 7 nitrogen and oxygen atoms in total. The Morgan fingerprint density at radius 3 is 2.46 bits per heavy atom. The number of nitrogens with one attached hydrogen (secondary N) is 1. The van der Waals surface area contributed by atoms with Crippen molar-refractivity contribution in [2.45, 2.75) is 24.6 Å². The Morgan fingerprint density at radius 2 is 1.89 bits per heavy atom. The van der Waals surface area contributed by atoms with Crippen LogP contribution >= 0.6 is 0 Å². The number of hydrogen-bond acceptors (Lipinski definition) is 7. The highest BCUT2D eigenvalue weighted by molar-refractivity contribution is 5.55. The molecule has 35 heavy (non-hydrogen) atoms. The molecule has 0 bridgehead atoms. The summed E-state index contributed by atoms with van der Waals surface area (Å²) >= 11 is 0. The molecular weight excluding hydrogens is 480 g/mol. The molecule has 2 aromatic rings. The molecule has 0 fully saturated rings. The Balaban J connectivity index is 1.86. The van der Waals surface area contributed by atoms with E-state index in [0.29, 0.717) is 5.56 Å². The van der Waals surface area contributed by atoms with Crippen molar-refractivity contribution < 1.29 is 36.2 Å². The van der Waals surface area contributed by atoms with E-state index in [-0.39, 0.29) is 17.7 Å². The number of pyridine rings is 1. The SMILES string of the molecule is Cc1cc(F)ccc1C(O)(CN1C=NN(C)N1)C(F)(F)c1ccc(/C=C/COCC(F)(F)F)cn1. The summed E-state index contributed by atoms with van der Waals surface area (Å²) in [4.78, 5) is 3.78. The average Bonchev–Trinajstić information content (AvgIpc) is 3.17. The molecule has 1 atom stereocenters. The number of rotatable bonds is 9. The van der Waals surface area contributed by atoms with Gasteiger partial charge in [-0.15, -0.1) is 10.6 Å². The smallest absolute Gasteiger partial charge is 0.377 e. The fourth-order valence-electron chi connectivity index (χ4n) is 3.47. The molecule has 0 aliphatic carbocycles. The standard InChI is InChI=1S/C22H23F6N5O2/c1-15-10-17(23)6-7-18(15)20(34,12-33-14-30-32(2)31-33)22(27,28)19-8-5-16(11-29-19)4-3-9-35-13-21(24,25)26/h3-8,10-11,14,31,34H,9,12-13H2,1-2H3/b4-3+. The van der Waals surface area contributed by atoms with Crippen molar-refractivity contribution in [1.29, 1.82) is 0 Å². The van der Waals surface area contributed by atoms with E-state index >= 15 is 8.78 Å².